The molecule has 0 aliphatic carbocycles. The van der Waals surface area contributed by atoms with E-state index in [9.17, 15) is 0 Å². The van der Waals surface area contributed by atoms with E-state index >= 15 is 0 Å². The monoisotopic (exact) mass is 231 g/mol. The van der Waals surface area contributed by atoms with Gasteiger partial charge in [0.25, 0.3) is 0 Å². The van der Waals surface area contributed by atoms with Gasteiger partial charge in [0, 0.05) is 6.04 Å². The Hall–Kier alpha value is -1.08. The molecule has 1 rings (SSSR count). The summed E-state index contributed by atoms with van der Waals surface area (Å²) in [5.41, 5.74) is 3.99. The Morgan fingerprint density at radius 1 is 1.29 bits per heavy atom. The minimum atomic E-state index is 0.523. The van der Waals surface area contributed by atoms with Crippen molar-refractivity contribution >= 4 is 0 Å². The molecular weight excluding hydrogens is 206 g/mol. The second-order valence-electron chi connectivity index (χ2n) is 5.00. The zero-order valence-corrected chi connectivity index (χ0v) is 11.4. The van der Waals surface area contributed by atoms with Crippen molar-refractivity contribution in [1.29, 1.82) is 0 Å². The first kappa shape index (κ1) is 14.0. The molecule has 0 saturated carbocycles. The van der Waals surface area contributed by atoms with Gasteiger partial charge in [0.1, 0.15) is 0 Å². The van der Waals surface area contributed by atoms with E-state index in [1.165, 1.54) is 23.1 Å². The van der Waals surface area contributed by atoms with Gasteiger partial charge in [-0.25, -0.2) is 0 Å². The zero-order chi connectivity index (χ0) is 12.7. The van der Waals surface area contributed by atoms with Crippen LogP contribution in [0.1, 0.15) is 37.8 Å². The minimum Gasteiger partial charge on any atom is -0.313 e. The van der Waals surface area contributed by atoms with Crippen LogP contribution < -0.4 is 5.32 Å². The summed E-state index contributed by atoms with van der Waals surface area (Å²) in [6.45, 7) is 11.5. The molecule has 1 unspecified atom stereocenters. The number of aryl methyl sites for hydroxylation is 1. The molecule has 1 nitrogen and oxygen atoms in total. The highest BCUT2D eigenvalue weighted by Crippen LogP contribution is 2.11. The van der Waals surface area contributed by atoms with E-state index in [2.05, 4.69) is 56.9 Å². The first-order valence-corrected chi connectivity index (χ1v) is 6.55. The Labute approximate surface area is 106 Å². The van der Waals surface area contributed by atoms with Crippen LogP contribution >= 0.6 is 0 Å². The number of hydrogen-bond acceptors (Lipinski definition) is 1. The van der Waals surface area contributed by atoms with Crippen LogP contribution in [0, 0.1) is 6.92 Å². The maximum atomic E-state index is 4.02. The molecule has 0 aliphatic rings. The lowest BCUT2D eigenvalue weighted by atomic mass is 9.99. The van der Waals surface area contributed by atoms with E-state index in [4.69, 9.17) is 0 Å². The minimum absolute atomic E-state index is 0.523. The van der Waals surface area contributed by atoms with Crippen LogP contribution in [0.4, 0.5) is 0 Å². The average Bonchev–Trinajstić information content (AvgIpc) is 2.28. The Bertz CT molecular complexity index is 337. The highest BCUT2D eigenvalue weighted by Gasteiger charge is 2.08. The van der Waals surface area contributed by atoms with Crippen molar-refractivity contribution in [3.8, 4) is 0 Å². The van der Waals surface area contributed by atoms with Crippen molar-refractivity contribution in [1.82, 2.24) is 5.32 Å². The van der Waals surface area contributed by atoms with Gasteiger partial charge in [-0.2, -0.15) is 0 Å². The van der Waals surface area contributed by atoms with Gasteiger partial charge >= 0.3 is 0 Å². The van der Waals surface area contributed by atoms with Crippen LogP contribution in [0.25, 0.3) is 0 Å². The van der Waals surface area contributed by atoms with Gasteiger partial charge in [0.05, 0.1) is 0 Å². The molecule has 1 N–H and O–H groups in total. The van der Waals surface area contributed by atoms with Crippen LogP contribution in [-0.2, 0) is 6.42 Å². The Balaban J connectivity index is 2.57. The van der Waals surface area contributed by atoms with E-state index in [-0.39, 0.29) is 0 Å². The first-order chi connectivity index (χ1) is 8.11. The molecule has 0 spiro atoms. The summed E-state index contributed by atoms with van der Waals surface area (Å²) < 4.78 is 0. The second kappa shape index (κ2) is 7.29. The molecule has 1 aromatic carbocycles. The summed E-state index contributed by atoms with van der Waals surface area (Å²) in [5.74, 6) is 0. The van der Waals surface area contributed by atoms with Crippen molar-refractivity contribution in [3.63, 3.8) is 0 Å². The Morgan fingerprint density at radius 3 is 2.47 bits per heavy atom. The molecular formula is C16H25N. The summed E-state index contributed by atoms with van der Waals surface area (Å²) >= 11 is 0. The topological polar surface area (TPSA) is 12.0 Å². The largest absolute Gasteiger partial charge is 0.313 e. The fourth-order valence-electron chi connectivity index (χ4n) is 1.99. The normalized spacial score (nSPS) is 12.4. The van der Waals surface area contributed by atoms with Crippen LogP contribution in [0.5, 0.6) is 0 Å². The lowest BCUT2D eigenvalue weighted by Crippen LogP contribution is -2.32. The van der Waals surface area contributed by atoms with Crippen molar-refractivity contribution < 1.29 is 0 Å². The number of rotatable bonds is 7. The molecule has 0 saturated heterocycles. The van der Waals surface area contributed by atoms with Gasteiger partial charge < -0.3 is 5.32 Å². The van der Waals surface area contributed by atoms with Gasteiger partial charge in [0.2, 0.25) is 0 Å². The maximum absolute atomic E-state index is 4.02. The van der Waals surface area contributed by atoms with Crippen LogP contribution in [0.15, 0.2) is 36.4 Å². The Morgan fingerprint density at radius 2 is 1.94 bits per heavy atom. The molecule has 0 fully saturated rings. The fraction of sp³-hybridized carbons (Fsp3) is 0.500. The molecule has 0 amide bonds. The summed E-state index contributed by atoms with van der Waals surface area (Å²) in [6, 6.07) is 9.36. The van der Waals surface area contributed by atoms with E-state index in [0.29, 0.717) is 6.04 Å². The predicted octanol–water partition coefficient (Wildman–Crippen LogP) is 3.87. The standard InChI is InChI=1S/C16H25N/c1-5-10-17-16(11-13(2)3)12-15-8-6-14(4)7-9-15/h6-9,16-17H,2,5,10-12H2,1,3-4H3. The van der Waals surface area contributed by atoms with Crippen molar-refractivity contribution in [2.45, 2.75) is 46.1 Å². The summed E-state index contributed by atoms with van der Waals surface area (Å²) in [7, 11) is 0. The molecule has 1 heteroatoms. The third-order valence-electron chi connectivity index (χ3n) is 2.88. The SMILES string of the molecule is C=C(C)CC(Cc1ccc(C)cc1)NCCC. The summed E-state index contributed by atoms with van der Waals surface area (Å²) in [6.07, 6.45) is 3.33. The molecule has 0 radical (unpaired) electrons. The number of benzene rings is 1. The predicted molar refractivity (Wildman–Crippen MR) is 76.4 cm³/mol. The molecule has 1 aromatic rings. The quantitative estimate of drug-likeness (QED) is 0.702. The zero-order valence-electron chi connectivity index (χ0n) is 11.4. The summed E-state index contributed by atoms with van der Waals surface area (Å²) in [5, 5.41) is 3.60. The van der Waals surface area contributed by atoms with Gasteiger partial charge in [-0.1, -0.05) is 42.3 Å². The molecule has 94 valence electrons. The van der Waals surface area contributed by atoms with Crippen molar-refractivity contribution in [2.24, 2.45) is 0 Å². The summed E-state index contributed by atoms with van der Waals surface area (Å²) in [4.78, 5) is 0. The lowest BCUT2D eigenvalue weighted by Gasteiger charge is -2.18. The van der Waals surface area contributed by atoms with Gasteiger partial charge in [-0.05, 0) is 45.2 Å². The van der Waals surface area contributed by atoms with Crippen LogP contribution in [0.3, 0.4) is 0 Å². The number of nitrogens with one attached hydrogen (secondary N) is 1. The van der Waals surface area contributed by atoms with Crippen molar-refractivity contribution in [2.75, 3.05) is 6.54 Å². The molecule has 0 heterocycles. The third-order valence-corrected chi connectivity index (χ3v) is 2.88. The molecule has 0 aliphatic heterocycles. The smallest absolute Gasteiger partial charge is 0.0144 e. The van der Waals surface area contributed by atoms with E-state index in [1.54, 1.807) is 0 Å². The average molecular weight is 231 g/mol. The third kappa shape index (κ3) is 5.69. The number of hydrogen-bond donors (Lipinski definition) is 1. The van der Waals surface area contributed by atoms with Crippen molar-refractivity contribution in [3.05, 3.63) is 47.5 Å². The molecule has 0 aromatic heterocycles. The fourth-order valence-corrected chi connectivity index (χ4v) is 1.99. The maximum Gasteiger partial charge on any atom is 0.0144 e. The lowest BCUT2D eigenvalue weighted by molar-refractivity contribution is 0.503. The first-order valence-electron chi connectivity index (χ1n) is 6.55. The highest BCUT2D eigenvalue weighted by molar-refractivity contribution is 5.22. The molecule has 1 atom stereocenters. The second-order valence-corrected chi connectivity index (χ2v) is 5.00. The van der Waals surface area contributed by atoms with Crippen LogP contribution in [-0.4, -0.2) is 12.6 Å². The van der Waals surface area contributed by atoms with E-state index in [1.807, 2.05) is 0 Å². The van der Waals surface area contributed by atoms with Gasteiger partial charge in [-0.3, -0.25) is 0 Å². The van der Waals surface area contributed by atoms with Gasteiger partial charge in [0.15, 0.2) is 0 Å². The highest BCUT2D eigenvalue weighted by atomic mass is 14.9. The van der Waals surface area contributed by atoms with Gasteiger partial charge in [-0.15, -0.1) is 6.58 Å². The van der Waals surface area contributed by atoms with Crippen LogP contribution in [0.2, 0.25) is 0 Å². The molecule has 0 bridgehead atoms. The van der Waals surface area contributed by atoms with E-state index in [0.717, 1.165) is 19.4 Å². The molecule has 17 heavy (non-hydrogen) atoms. The Kier molecular flexibility index (Phi) is 5.99. The van der Waals surface area contributed by atoms with E-state index < -0.39 is 0 Å².